The molecule has 0 atom stereocenters. The van der Waals surface area contributed by atoms with E-state index in [4.69, 9.17) is 0 Å². The Morgan fingerprint density at radius 3 is 2.48 bits per heavy atom. The summed E-state index contributed by atoms with van der Waals surface area (Å²) in [6.07, 6.45) is 1.43. The molecule has 1 aliphatic heterocycles. The first kappa shape index (κ1) is 17.3. The van der Waals surface area contributed by atoms with E-state index in [0.29, 0.717) is 10.8 Å². The van der Waals surface area contributed by atoms with Crippen molar-refractivity contribution in [3.05, 3.63) is 85.0 Å². The second-order valence-electron chi connectivity index (χ2n) is 5.84. The molecule has 0 radical (unpaired) electrons. The van der Waals surface area contributed by atoms with E-state index in [1.165, 1.54) is 18.3 Å². The average molecular weight is 471 g/mol. The molecule has 1 aliphatic rings. The SMILES string of the molecule is O=C1c2cccc3cc([N+](=O)[O-])cc(c23)C(=O)N1/N=C/c1ccccc1I. The van der Waals surface area contributed by atoms with Gasteiger partial charge in [-0.1, -0.05) is 30.3 Å². The molecule has 1 heterocycles. The number of nitro benzene ring substituents is 1. The normalized spacial score (nSPS) is 13.6. The topological polar surface area (TPSA) is 92.9 Å². The molecule has 0 fully saturated rings. The molecule has 0 aromatic heterocycles. The van der Waals surface area contributed by atoms with E-state index in [1.807, 2.05) is 24.3 Å². The van der Waals surface area contributed by atoms with Crippen LogP contribution in [0.2, 0.25) is 0 Å². The molecule has 0 aliphatic carbocycles. The van der Waals surface area contributed by atoms with Gasteiger partial charge in [-0.25, -0.2) is 0 Å². The molecule has 132 valence electrons. The third-order valence-corrected chi connectivity index (χ3v) is 5.22. The molecule has 0 unspecified atom stereocenters. The summed E-state index contributed by atoms with van der Waals surface area (Å²) in [7, 11) is 0. The smallest absolute Gasteiger partial charge is 0.267 e. The Hall–Kier alpha value is -3.14. The predicted molar refractivity (Wildman–Crippen MR) is 108 cm³/mol. The van der Waals surface area contributed by atoms with Crippen molar-refractivity contribution in [2.75, 3.05) is 0 Å². The fourth-order valence-corrected chi connectivity index (χ4v) is 3.52. The van der Waals surface area contributed by atoms with Gasteiger partial charge < -0.3 is 0 Å². The highest BCUT2D eigenvalue weighted by Gasteiger charge is 2.34. The van der Waals surface area contributed by atoms with Gasteiger partial charge in [0.25, 0.3) is 17.5 Å². The number of carbonyl (C=O) groups excluding carboxylic acids is 2. The van der Waals surface area contributed by atoms with Crippen molar-refractivity contribution in [2.45, 2.75) is 0 Å². The van der Waals surface area contributed by atoms with Crippen LogP contribution in [-0.4, -0.2) is 28.0 Å². The van der Waals surface area contributed by atoms with Crippen molar-refractivity contribution in [1.82, 2.24) is 5.01 Å². The summed E-state index contributed by atoms with van der Waals surface area (Å²) in [5.41, 5.74) is 0.923. The van der Waals surface area contributed by atoms with Gasteiger partial charge in [-0.05, 0) is 40.1 Å². The van der Waals surface area contributed by atoms with E-state index in [-0.39, 0.29) is 16.8 Å². The molecule has 0 spiro atoms. The summed E-state index contributed by atoms with van der Waals surface area (Å²) < 4.78 is 0.911. The van der Waals surface area contributed by atoms with Crippen LogP contribution in [0.4, 0.5) is 5.69 Å². The Morgan fingerprint density at radius 1 is 1.00 bits per heavy atom. The molecule has 4 rings (SSSR count). The summed E-state index contributed by atoms with van der Waals surface area (Å²) in [5, 5.41) is 16.9. The van der Waals surface area contributed by atoms with E-state index in [1.54, 1.807) is 18.2 Å². The standard InChI is InChI=1S/C19H10IN3O4/c20-16-7-2-1-4-12(16)10-21-22-18(24)14-6-3-5-11-8-13(23(26)27)9-15(17(11)14)19(22)25/h1-10H/b21-10+. The molecule has 7 nitrogen and oxygen atoms in total. The van der Waals surface area contributed by atoms with E-state index in [9.17, 15) is 19.7 Å². The number of hydrogen-bond donors (Lipinski definition) is 0. The molecule has 0 bridgehead atoms. The van der Waals surface area contributed by atoms with Crippen molar-refractivity contribution < 1.29 is 14.5 Å². The number of carbonyl (C=O) groups is 2. The molecule has 3 aromatic carbocycles. The van der Waals surface area contributed by atoms with Crippen LogP contribution in [0.1, 0.15) is 26.3 Å². The van der Waals surface area contributed by atoms with E-state index in [0.717, 1.165) is 14.1 Å². The molecule has 8 heteroatoms. The summed E-state index contributed by atoms with van der Waals surface area (Å²) in [4.78, 5) is 36.3. The van der Waals surface area contributed by atoms with Gasteiger partial charge in [-0.15, -0.1) is 0 Å². The zero-order valence-electron chi connectivity index (χ0n) is 13.6. The highest BCUT2D eigenvalue weighted by atomic mass is 127. The number of hydrogen-bond acceptors (Lipinski definition) is 5. The van der Waals surface area contributed by atoms with Crippen molar-refractivity contribution in [1.29, 1.82) is 0 Å². The number of nitro groups is 1. The maximum Gasteiger partial charge on any atom is 0.282 e. The highest BCUT2D eigenvalue weighted by Crippen LogP contribution is 2.33. The number of imide groups is 1. The van der Waals surface area contributed by atoms with Crippen molar-refractivity contribution in [3.8, 4) is 0 Å². The Morgan fingerprint density at radius 2 is 1.74 bits per heavy atom. The van der Waals surface area contributed by atoms with Gasteiger partial charge in [-0.2, -0.15) is 10.1 Å². The summed E-state index contributed by atoms with van der Waals surface area (Å²) in [6.45, 7) is 0. The highest BCUT2D eigenvalue weighted by molar-refractivity contribution is 14.1. The Kier molecular flexibility index (Phi) is 4.19. The van der Waals surface area contributed by atoms with Crippen LogP contribution >= 0.6 is 22.6 Å². The lowest BCUT2D eigenvalue weighted by molar-refractivity contribution is -0.384. The second kappa shape index (κ2) is 6.54. The first-order valence-corrected chi connectivity index (χ1v) is 8.93. The number of nitrogens with zero attached hydrogens (tertiary/aromatic N) is 3. The van der Waals surface area contributed by atoms with E-state index < -0.39 is 16.7 Å². The number of amides is 2. The molecule has 0 N–H and O–H groups in total. The second-order valence-corrected chi connectivity index (χ2v) is 7.00. The molecular weight excluding hydrogens is 461 g/mol. The lowest BCUT2D eigenvalue weighted by Gasteiger charge is -2.23. The molecule has 0 saturated carbocycles. The first-order valence-electron chi connectivity index (χ1n) is 7.86. The Bertz CT molecular complexity index is 1170. The number of benzene rings is 3. The van der Waals surface area contributed by atoms with Gasteiger partial charge in [0.2, 0.25) is 0 Å². The van der Waals surface area contributed by atoms with Crippen molar-refractivity contribution in [2.24, 2.45) is 5.10 Å². The molecule has 0 saturated heterocycles. The molecular formula is C19H10IN3O4. The fourth-order valence-electron chi connectivity index (χ4n) is 2.99. The maximum absolute atomic E-state index is 12.9. The zero-order chi connectivity index (χ0) is 19.1. The molecule has 3 aromatic rings. The molecule has 2 amide bonds. The third-order valence-electron chi connectivity index (χ3n) is 4.24. The maximum atomic E-state index is 12.9. The van der Waals surface area contributed by atoms with Gasteiger partial charge in [0.1, 0.15) is 0 Å². The number of halogens is 1. The van der Waals surface area contributed by atoms with E-state index in [2.05, 4.69) is 27.7 Å². The molecule has 27 heavy (non-hydrogen) atoms. The first-order chi connectivity index (χ1) is 13.0. The predicted octanol–water partition coefficient (Wildman–Crippen LogP) is 3.98. The van der Waals surface area contributed by atoms with Crippen LogP contribution in [0, 0.1) is 13.7 Å². The van der Waals surface area contributed by atoms with Gasteiger partial charge in [-0.3, -0.25) is 19.7 Å². The van der Waals surface area contributed by atoms with Crippen LogP contribution < -0.4 is 0 Å². The van der Waals surface area contributed by atoms with Gasteiger partial charge in [0.15, 0.2) is 0 Å². The summed E-state index contributed by atoms with van der Waals surface area (Å²) in [6, 6.07) is 14.8. The zero-order valence-corrected chi connectivity index (χ0v) is 15.8. The summed E-state index contributed by atoms with van der Waals surface area (Å²) >= 11 is 2.13. The van der Waals surface area contributed by atoms with Gasteiger partial charge >= 0.3 is 0 Å². The minimum absolute atomic E-state index is 0.0920. The fraction of sp³-hybridized carbons (Fsp3) is 0. The minimum atomic E-state index is -0.686. The Balaban J connectivity index is 1.86. The van der Waals surface area contributed by atoms with Crippen molar-refractivity contribution >= 4 is 57.1 Å². The van der Waals surface area contributed by atoms with E-state index >= 15 is 0 Å². The number of hydrazone groups is 1. The Labute approximate surface area is 166 Å². The van der Waals surface area contributed by atoms with Crippen molar-refractivity contribution in [3.63, 3.8) is 0 Å². The van der Waals surface area contributed by atoms with Gasteiger partial charge in [0, 0.05) is 26.7 Å². The lowest BCUT2D eigenvalue weighted by Crippen LogP contribution is -2.36. The lowest BCUT2D eigenvalue weighted by atomic mass is 9.94. The van der Waals surface area contributed by atoms with Crippen LogP contribution in [0.5, 0.6) is 0 Å². The largest absolute Gasteiger partial charge is 0.282 e. The van der Waals surface area contributed by atoms with Crippen LogP contribution in [-0.2, 0) is 0 Å². The minimum Gasteiger partial charge on any atom is -0.267 e. The summed E-state index contributed by atoms with van der Waals surface area (Å²) in [5.74, 6) is -1.25. The third kappa shape index (κ3) is 2.87. The number of rotatable bonds is 3. The van der Waals surface area contributed by atoms with Crippen LogP contribution in [0.3, 0.4) is 0 Å². The average Bonchev–Trinajstić information content (AvgIpc) is 2.66. The quantitative estimate of drug-likeness (QED) is 0.190. The van der Waals surface area contributed by atoms with Crippen LogP contribution in [0.25, 0.3) is 10.8 Å². The monoisotopic (exact) mass is 471 g/mol. The number of non-ortho nitro benzene ring substituents is 1. The van der Waals surface area contributed by atoms with Crippen LogP contribution in [0.15, 0.2) is 59.7 Å². The van der Waals surface area contributed by atoms with Gasteiger partial charge in [0.05, 0.1) is 22.3 Å².